The number of aromatic hydroxyl groups is 1. The van der Waals surface area contributed by atoms with Crippen LogP contribution in [0, 0.1) is 5.82 Å². The van der Waals surface area contributed by atoms with Gasteiger partial charge in [0.25, 0.3) is 0 Å². The van der Waals surface area contributed by atoms with Crippen molar-refractivity contribution in [1.82, 2.24) is 5.43 Å². The van der Waals surface area contributed by atoms with Gasteiger partial charge >= 0.3 is 0 Å². The Hall–Kier alpha value is -3.22. The Morgan fingerprint density at radius 1 is 1.04 bits per heavy atom. The van der Waals surface area contributed by atoms with Crippen molar-refractivity contribution >= 4 is 23.7 Å². The number of nitrogens with one attached hydrogen (secondary N) is 2. The summed E-state index contributed by atoms with van der Waals surface area (Å²) in [5, 5.41) is 15.3. The number of anilines is 1. The first-order chi connectivity index (χ1) is 11.5. The zero-order chi connectivity index (χ0) is 17.4. The minimum atomic E-state index is -0.534. The number of hydrazone groups is 1. The largest absolute Gasteiger partial charge is 0.508 e. The Morgan fingerprint density at radius 3 is 2.42 bits per heavy atom. The molecule has 0 aliphatic rings. The van der Waals surface area contributed by atoms with Gasteiger partial charge < -0.3 is 10.4 Å². The molecular weight excluding hydrogens is 313 g/mol. The summed E-state index contributed by atoms with van der Waals surface area (Å²) in [6, 6.07) is 12.1. The molecule has 0 radical (unpaired) electrons. The molecule has 2 amide bonds. The molecule has 2 rings (SSSR count). The van der Waals surface area contributed by atoms with Crippen molar-refractivity contribution in [2.75, 3.05) is 5.32 Å². The number of hydrogen-bond donors (Lipinski definition) is 3. The summed E-state index contributed by atoms with van der Waals surface area (Å²) in [4.78, 5) is 23.3. The van der Waals surface area contributed by atoms with E-state index in [0.717, 1.165) is 0 Å². The lowest BCUT2D eigenvalue weighted by Gasteiger charge is -2.05. The van der Waals surface area contributed by atoms with E-state index in [0.29, 0.717) is 5.56 Å². The summed E-state index contributed by atoms with van der Waals surface area (Å²) >= 11 is 0. The molecule has 24 heavy (non-hydrogen) atoms. The highest BCUT2D eigenvalue weighted by Crippen LogP contribution is 2.12. The second-order valence-electron chi connectivity index (χ2n) is 4.91. The number of amides is 2. The fraction of sp³-hybridized carbons (Fsp3) is 0.118. The number of benzene rings is 2. The maximum Gasteiger partial charge on any atom is 0.240 e. The summed E-state index contributed by atoms with van der Waals surface area (Å²) < 4.78 is 13.4. The molecule has 0 aliphatic heterocycles. The van der Waals surface area contributed by atoms with Crippen molar-refractivity contribution in [3.05, 3.63) is 59.9 Å². The van der Waals surface area contributed by atoms with Crippen LogP contribution in [0.15, 0.2) is 53.6 Å². The van der Waals surface area contributed by atoms with Crippen molar-refractivity contribution in [2.45, 2.75) is 12.8 Å². The van der Waals surface area contributed by atoms with Crippen LogP contribution in [-0.2, 0) is 9.59 Å². The molecule has 2 aromatic rings. The standard InChI is InChI=1S/C17H16FN3O3/c18-14-3-1-2-4-15(14)20-16(23)9-10-17(24)21-19-11-12-5-7-13(22)8-6-12/h1-8,11,22H,9-10H2,(H,20,23)(H,21,24). The predicted octanol–water partition coefficient (Wildman–Crippen LogP) is 2.40. The first kappa shape index (κ1) is 17.1. The normalized spacial score (nSPS) is 10.5. The maximum atomic E-state index is 13.4. The van der Waals surface area contributed by atoms with E-state index in [-0.39, 0.29) is 24.3 Å². The van der Waals surface area contributed by atoms with Crippen LogP contribution >= 0.6 is 0 Å². The second kappa shape index (κ2) is 8.42. The second-order valence-corrected chi connectivity index (χ2v) is 4.91. The summed E-state index contributed by atoms with van der Waals surface area (Å²) in [5.41, 5.74) is 3.07. The molecule has 2 aromatic carbocycles. The number of carbonyl (C=O) groups is 2. The predicted molar refractivity (Wildman–Crippen MR) is 88.1 cm³/mol. The van der Waals surface area contributed by atoms with E-state index in [1.165, 1.54) is 36.5 Å². The molecule has 0 spiro atoms. The van der Waals surface area contributed by atoms with Gasteiger partial charge in [0.2, 0.25) is 11.8 Å². The maximum absolute atomic E-state index is 13.4. The third-order valence-corrected chi connectivity index (χ3v) is 3.02. The highest BCUT2D eigenvalue weighted by molar-refractivity contribution is 5.93. The van der Waals surface area contributed by atoms with Crippen LogP contribution in [0.4, 0.5) is 10.1 Å². The third kappa shape index (κ3) is 5.53. The number of nitrogens with zero attached hydrogens (tertiary/aromatic N) is 1. The fourth-order valence-corrected chi connectivity index (χ4v) is 1.80. The van der Waals surface area contributed by atoms with E-state index in [1.54, 1.807) is 18.2 Å². The summed E-state index contributed by atoms with van der Waals surface area (Å²) in [7, 11) is 0. The molecule has 0 heterocycles. The van der Waals surface area contributed by atoms with Crippen LogP contribution < -0.4 is 10.7 Å². The highest BCUT2D eigenvalue weighted by atomic mass is 19.1. The molecule has 0 aliphatic carbocycles. The molecule has 0 aromatic heterocycles. The van der Waals surface area contributed by atoms with Gasteiger partial charge in [0.1, 0.15) is 11.6 Å². The van der Waals surface area contributed by atoms with Gasteiger partial charge in [-0.15, -0.1) is 0 Å². The van der Waals surface area contributed by atoms with Crippen LogP contribution in [0.2, 0.25) is 0 Å². The fourth-order valence-electron chi connectivity index (χ4n) is 1.80. The van der Waals surface area contributed by atoms with E-state index < -0.39 is 17.6 Å². The Bertz CT molecular complexity index is 745. The average molecular weight is 329 g/mol. The molecule has 3 N–H and O–H groups in total. The smallest absolute Gasteiger partial charge is 0.240 e. The minimum absolute atomic E-state index is 0.0762. The van der Waals surface area contributed by atoms with Crippen LogP contribution in [0.3, 0.4) is 0 Å². The minimum Gasteiger partial charge on any atom is -0.508 e. The number of phenols is 1. The zero-order valence-electron chi connectivity index (χ0n) is 12.7. The molecule has 0 saturated heterocycles. The summed E-state index contributed by atoms with van der Waals surface area (Å²) in [5.74, 6) is -1.29. The lowest BCUT2D eigenvalue weighted by atomic mass is 10.2. The SMILES string of the molecule is O=C(CCC(=O)Nc1ccccc1F)NN=Cc1ccc(O)cc1. The Balaban J connectivity index is 1.73. The molecule has 0 fully saturated rings. The number of hydrogen-bond acceptors (Lipinski definition) is 4. The van der Waals surface area contributed by atoms with Crippen molar-refractivity contribution in [3.8, 4) is 5.75 Å². The van der Waals surface area contributed by atoms with E-state index in [9.17, 15) is 14.0 Å². The first-order valence-corrected chi connectivity index (χ1v) is 7.20. The summed E-state index contributed by atoms with van der Waals surface area (Å²) in [6.07, 6.45) is 1.25. The Morgan fingerprint density at radius 2 is 1.71 bits per heavy atom. The lowest BCUT2D eigenvalue weighted by Crippen LogP contribution is -2.20. The summed E-state index contributed by atoms with van der Waals surface area (Å²) in [6.45, 7) is 0. The van der Waals surface area contributed by atoms with Crippen molar-refractivity contribution in [3.63, 3.8) is 0 Å². The number of halogens is 1. The van der Waals surface area contributed by atoms with Crippen LogP contribution in [0.1, 0.15) is 18.4 Å². The monoisotopic (exact) mass is 329 g/mol. The van der Waals surface area contributed by atoms with Crippen molar-refractivity contribution in [1.29, 1.82) is 0 Å². The molecule has 6 nitrogen and oxygen atoms in total. The third-order valence-electron chi connectivity index (χ3n) is 3.02. The van der Waals surface area contributed by atoms with Crippen molar-refractivity contribution in [2.24, 2.45) is 5.10 Å². The van der Waals surface area contributed by atoms with E-state index in [4.69, 9.17) is 5.11 Å². The molecule has 7 heteroatoms. The van der Waals surface area contributed by atoms with Crippen LogP contribution in [0.5, 0.6) is 5.75 Å². The molecule has 0 saturated carbocycles. The number of rotatable bonds is 6. The van der Waals surface area contributed by atoms with Gasteiger partial charge in [0, 0.05) is 12.8 Å². The quantitative estimate of drug-likeness (QED) is 0.561. The molecular formula is C17H16FN3O3. The average Bonchev–Trinajstić information content (AvgIpc) is 2.57. The van der Waals surface area contributed by atoms with Crippen LogP contribution in [-0.4, -0.2) is 23.1 Å². The van der Waals surface area contributed by atoms with E-state index >= 15 is 0 Å². The Labute approximate surface area is 138 Å². The molecule has 0 atom stereocenters. The zero-order valence-corrected chi connectivity index (χ0v) is 12.7. The van der Waals surface area contributed by atoms with Gasteiger partial charge in [-0.2, -0.15) is 5.10 Å². The van der Waals surface area contributed by atoms with E-state index in [1.807, 2.05) is 0 Å². The molecule has 0 unspecified atom stereocenters. The topological polar surface area (TPSA) is 90.8 Å². The highest BCUT2D eigenvalue weighted by Gasteiger charge is 2.08. The number of carbonyl (C=O) groups excluding carboxylic acids is 2. The van der Waals surface area contributed by atoms with Gasteiger partial charge in [-0.3, -0.25) is 9.59 Å². The molecule has 124 valence electrons. The number of phenolic OH excluding ortho intramolecular Hbond substituents is 1. The number of para-hydroxylation sites is 1. The van der Waals surface area contributed by atoms with Gasteiger partial charge in [-0.05, 0) is 42.0 Å². The van der Waals surface area contributed by atoms with Crippen LogP contribution in [0.25, 0.3) is 0 Å². The van der Waals surface area contributed by atoms with E-state index in [2.05, 4.69) is 15.8 Å². The van der Waals surface area contributed by atoms with Gasteiger partial charge in [-0.25, -0.2) is 9.82 Å². The van der Waals surface area contributed by atoms with Gasteiger partial charge in [-0.1, -0.05) is 12.1 Å². The molecule has 0 bridgehead atoms. The van der Waals surface area contributed by atoms with Crippen molar-refractivity contribution < 1.29 is 19.1 Å². The lowest BCUT2D eigenvalue weighted by molar-refractivity contribution is -0.124. The van der Waals surface area contributed by atoms with Gasteiger partial charge in [0.05, 0.1) is 11.9 Å². The van der Waals surface area contributed by atoms with Gasteiger partial charge in [0.15, 0.2) is 0 Å². The Kier molecular flexibility index (Phi) is 6.01. The first-order valence-electron chi connectivity index (χ1n) is 7.20.